The molecule has 109 heavy (non-hydrogen) atoms. The summed E-state index contributed by atoms with van der Waals surface area (Å²) >= 11 is 0. The van der Waals surface area contributed by atoms with E-state index in [4.69, 9.17) is 0 Å². The summed E-state index contributed by atoms with van der Waals surface area (Å²) in [4.78, 5) is 108. The van der Waals surface area contributed by atoms with Crippen LogP contribution in [0.1, 0.15) is 552 Å². The van der Waals surface area contributed by atoms with Gasteiger partial charge in [-0.2, -0.15) is 0 Å². The number of hydrogen-bond donors (Lipinski definition) is 0. The van der Waals surface area contributed by atoms with Crippen LogP contribution in [-0.2, 0) is 52.7 Å². The highest BCUT2D eigenvalue weighted by Gasteiger charge is 1.97. The maximum atomic E-state index is 9.94. The van der Waals surface area contributed by atoms with Crippen molar-refractivity contribution in [1.29, 1.82) is 0 Å². The van der Waals surface area contributed by atoms with Crippen LogP contribution in [0, 0.1) is 11.8 Å². The molecule has 0 rings (SSSR count). The van der Waals surface area contributed by atoms with Crippen LogP contribution in [-0.4, -0.2) is 69.1 Å². The van der Waals surface area contributed by atoms with Crippen molar-refractivity contribution >= 4 is 69.1 Å². The van der Waals surface area contributed by atoms with Gasteiger partial charge >= 0.3 is 0 Å². The minimum Gasteiger partial charge on any atom is -0.303 e. The van der Waals surface area contributed by atoms with Gasteiger partial charge in [0.15, 0.2) is 0 Å². The Morgan fingerprint density at radius 3 is 0.248 bits per heavy atom. The Morgan fingerprint density at radius 1 is 0.128 bits per heavy atom. The average molecular weight is 1550 g/mol. The molecule has 0 fully saturated rings. The van der Waals surface area contributed by atoms with Crippen LogP contribution < -0.4 is 0 Å². The van der Waals surface area contributed by atoms with E-state index < -0.39 is 0 Å². The quantitative estimate of drug-likeness (QED) is 0.0416. The van der Waals surface area contributed by atoms with Gasteiger partial charge in [0.05, 0.1) is 0 Å². The van der Waals surface area contributed by atoms with E-state index in [9.17, 15) is 52.7 Å². The molecule has 0 amide bonds. The van der Waals surface area contributed by atoms with Crippen molar-refractivity contribution in [1.82, 2.24) is 0 Å². The third-order valence-electron chi connectivity index (χ3n) is 17.9. The van der Waals surface area contributed by atoms with E-state index in [2.05, 4.69) is 62.3 Å². The maximum Gasteiger partial charge on any atom is 0.122 e. The number of hydrogen-bond acceptors (Lipinski definition) is 11. The normalized spacial score (nSPS) is 9.79. The maximum absolute atomic E-state index is 9.94. The van der Waals surface area contributed by atoms with Crippen LogP contribution in [0.4, 0.5) is 0 Å². The van der Waals surface area contributed by atoms with Crippen molar-refractivity contribution in [3.8, 4) is 0 Å². The molecular formula is C98H196O11. The zero-order valence-electron chi connectivity index (χ0n) is 75.9. The zero-order valence-corrected chi connectivity index (χ0v) is 75.9. The Bertz CT molecular complexity index is 1210. The molecule has 0 saturated carbocycles. The topological polar surface area (TPSA) is 188 Å². The van der Waals surface area contributed by atoms with Gasteiger partial charge in [-0.15, -0.1) is 0 Å². The smallest absolute Gasteiger partial charge is 0.122 e. The first-order valence-electron chi connectivity index (χ1n) is 47.1. The lowest BCUT2D eigenvalue weighted by Crippen LogP contribution is -1.82. The molecule has 0 aliphatic carbocycles. The first kappa shape index (κ1) is 129. The van der Waals surface area contributed by atoms with Crippen LogP contribution in [0.5, 0.6) is 0 Å². The van der Waals surface area contributed by atoms with Crippen LogP contribution in [0.3, 0.4) is 0 Å². The van der Waals surface area contributed by atoms with Crippen molar-refractivity contribution in [2.45, 2.75) is 552 Å². The van der Waals surface area contributed by atoms with Gasteiger partial charge in [0.2, 0.25) is 0 Å². The molecule has 11 heteroatoms. The standard InChI is InChI=1S/9C10H20O.2C4H8O/c9*1-2-3-4-5-6-7-8-9-10-11;2*1-4(2)3-5/h9*10H,2-9H2,1H3;2*3-4H,1-2H3. The second-order valence-corrected chi connectivity index (χ2v) is 30.5. The van der Waals surface area contributed by atoms with Gasteiger partial charge in [-0.1, -0.05) is 437 Å². The highest BCUT2D eigenvalue weighted by atomic mass is 16.1. The molecule has 0 radical (unpaired) electrons. The van der Waals surface area contributed by atoms with Crippen LogP contribution in [0.2, 0.25) is 0 Å². The second kappa shape index (κ2) is 153. The summed E-state index contributed by atoms with van der Waals surface area (Å²) in [5.74, 6) is 0.407. The van der Waals surface area contributed by atoms with E-state index in [-0.39, 0.29) is 11.8 Å². The molecule has 654 valence electrons. The highest BCUT2D eigenvalue weighted by molar-refractivity contribution is 5.52. The molecule has 0 spiro atoms. The van der Waals surface area contributed by atoms with E-state index in [0.717, 1.165) is 185 Å². The Hall–Kier alpha value is -3.63. The van der Waals surface area contributed by atoms with Gasteiger partial charge in [0.25, 0.3) is 0 Å². The molecule has 11 nitrogen and oxygen atoms in total. The van der Waals surface area contributed by atoms with Crippen molar-refractivity contribution in [2.24, 2.45) is 11.8 Å². The van der Waals surface area contributed by atoms with Crippen molar-refractivity contribution < 1.29 is 52.7 Å². The van der Waals surface area contributed by atoms with E-state index >= 15 is 0 Å². The van der Waals surface area contributed by atoms with Gasteiger partial charge in [-0.05, 0) is 57.8 Å². The third kappa shape index (κ3) is 209. The molecule has 0 bridgehead atoms. The summed E-state index contributed by atoms with van der Waals surface area (Å²) in [6.07, 6.45) is 99.3. The zero-order chi connectivity index (χ0) is 83.8. The Morgan fingerprint density at radius 2 is 0.193 bits per heavy atom. The molecule has 0 aliphatic heterocycles. The molecule has 0 aromatic rings. The lowest BCUT2D eigenvalue weighted by Gasteiger charge is -1.97. The summed E-state index contributed by atoms with van der Waals surface area (Å²) in [6.45, 7) is 27.5. The number of carbonyl (C=O) groups is 11. The number of rotatable bonds is 74. The highest BCUT2D eigenvalue weighted by Crippen LogP contribution is 2.14. The van der Waals surface area contributed by atoms with E-state index in [1.807, 2.05) is 27.7 Å². The van der Waals surface area contributed by atoms with Gasteiger partial charge in [-0.3, -0.25) is 0 Å². The summed E-state index contributed by atoms with van der Waals surface area (Å²) < 4.78 is 0. The lowest BCUT2D eigenvalue weighted by molar-refractivity contribution is -0.110. The van der Waals surface area contributed by atoms with Crippen molar-refractivity contribution in [2.75, 3.05) is 0 Å². The molecule has 0 aromatic heterocycles. The largest absolute Gasteiger partial charge is 0.303 e. The molecular weight excluding hydrogens is 1350 g/mol. The van der Waals surface area contributed by atoms with Crippen molar-refractivity contribution in [3.63, 3.8) is 0 Å². The molecule has 0 atom stereocenters. The number of carbonyl (C=O) groups excluding carboxylic acids is 11. The summed E-state index contributed by atoms with van der Waals surface area (Å²) in [5, 5.41) is 0. The Balaban J connectivity index is -0.000000108. The fourth-order valence-electron chi connectivity index (χ4n) is 10.7. The minimum absolute atomic E-state index is 0.204. The predicted molar refractivity (Wildman–Crippen MR) is 480 cm³/mol. The molecule has 0 saturated heterocycles. The van der Waals surface area contributed by atoms with Gasteiger partial charge < -0.3 is 52.7 Å². The van der Waals surface area contributed by atoms with Crippen molar-refractivity contribution in [3.05, 3.63) is 0 Å². The summed E-state index contributed by atoms with van der Waals surface area (Å²) in [5.41, 5.74) is 0. The molecule has 0 aliphatic rings. The van der Waals surface area contributed by atoms with E-state index in [1.165, 1.54) is 347 Å². The fourth-order valence-corrected chi connectivity index (χ4v) is 10.7. The summed E-state index contributed by atoms with van der Waals surface area (Å²) in [6, 6.07) is 0. The third-order valence-corrected chi connectivity index (χ3v) is 17.9. The molecule has 0 aromatic carbocycles. The predicted octanol–water partition coefficient (Wildman–Crippen LogP) is 31.6. The summed E-state index contributed by atoms with van der Waals surface area (Å²) in [7, 11) is 0. The lowest BCUT2D eigenvalue weighted by atomic mass is 10.1. The number of unbranched alkanes of at least 4 members (excludes halogenated alkanes) is 63. The van der Waals surface area contributed by atoms with Crippen LogP contribution in [0.25, 0.3) is 0 Å². The molecule has 0 unspecified atom stereocenters. The molecule has 0 N–H and O–H groups in total. The SMILES string of the molecule is CC(C)C=O.CC(C)C=O.CCCCCCCCCC=O.CCCCCCCCCC=O.CCCCCCCCCC=O.CCCCCCCCCC=O.CCCCCCCCCC=O.CCCCCCCCCC=O.CCCCCCCCCC=O.CCCCCCCCCC=O.CCCCCCCCCC=O. The van der Waals surface area contributed by atoms with Gasteiger partial charge in [-0.25, -0.2) is 0 Å². The van der Waals surface area contributed by atoms with E-state index in [0.29, 0.717) is 0 Å². The van der Waals surface area contributed by atoms with Gasteiger partial charge in [0, 0.05) is 69.6 Å². The Kier molecular flexibility index (Phi) is 181. The number of aldehydes is 11. The minimum atomic E-state index is 0.204. The first-order chi connectivity index (χ1) is 53.3. The monoisotopic (exact) mass is 1550 g/mol. The molecule has 0 heterocycles. The van der Waals surface area contributed by atoms with E-state index in [1.54, 1.807) is 0 Å². The van der Waals surface area contributed by atoms with Crippen LogP contribution in [0.15, 0.2) is 0 Å². The van der Waals surface area contributed by atoms with Crippen LogP contribution >= 0.6 is 0 Å². The second-order valence-electron chi connectivity index (χ2n) is 30.5. The van der Waals surface area contributed by atoms with Gasteiger partial charge in [0.1, 0.15) is 69.1 Å². The first-order valence-corrected chi connectivity index (χ1v) is 47.1. The average Bonchev–Trinajstić information content (AvgIpc) is 3.76. The fraction of sp³-hybridized carbons (Fsp3) is 0.888. The Labute approximate surface area is 682 Å².